The average molecular weight is 850 g/mol. The predicted molar refractivity (Wildman–Crippen MR) is 272 cm³/mol. The Kier molecular flexibility index (Phi) is 8.97. The van der Waals surface area contributed by atoms with E-state index >= 15 is 0 Å². The van der Waals surface area contributed by atoms with Gasteiger partial charge < -0.3 is 0 Å². The lowest BCUT2D eigenvalue weighted by Crippen LogP contribution is -2.72. The second kappa shape index (κ2) is 15.1. The zero-order chi connectivity index (χ0) is 42.8. The molecular weight excluding hydrogens is 807 g/mol. The van der Waals surface area contributed by atoms with Gasteiger partial charge in [-0.05, 0) is 64.5 Å². The first-order chi connectivity index (χ1) is 31.5. The SMILES string of the molecule is C[Si]1(C)c2ccccc2-c2c1ccc(-c1nc(-c3ccccc3)nc(-c3ccc4c(c3-c3ccccc3)-c3ccccc3[Si]4(c3ccccc3)c3ccccc3)n1)c2-c1ccccc1. The molecule has 3 heterocycles. The molecule has 64 heavy (non-hydrogen) atoms. The maximum atomic E-state index is 5.62. The fourth-order valence-corrected chi connectivity index (χ4v) is 19.1. The highest BCUT2D eigenvalue weighted by Gasteiger charge is 2.50. The molecule has 2 aliphatic rings. The van der Waals surface area contributed by atoms with E-state index in [1.807, 2.05) is 6.07 Å². The van der Waals surface area contributed by atoms with Crippen molar-refractivity contribution in [2.24, 2.45) is 0 Å². The van der Waals surface area contributed by atoms with Crippen LogP contribution in [0.4, 0.5) is 0 Å². The lowest BCUT2D eigenvalue weighted by atomic mass is 9.89. The molecule has 0 bridgehead atoms. The van der Waals surface area contributed by atoms with Crippen LogP contribution in [0.15, 0.2) is 224 Å². The zero-order valence-corrected chi connectivity index (χ0v) is 37.7. The molecule has 0 spiro atoms. The Morgan fingerprint density at radius 2 is 0.641 bits per heavy atom. The van der Waals surface area contributed by atoms with E-state index in [2.05, 4.69) is 231 Å². The number of hydrogen-bond acceptors (Lipinski definition) is 3. The van der Waals surface area contributed by atoms with Gasteiger partial charge in [0, 0.05) is 27.8 Å². The molecule has 302 valence electrons. The third-order valence-corrected chi connectivity index (χ3v) is 22.1. The summed E-state index contributed by atoms with van der Waals surface area (Å²) >= 11 is 0. The summed E-state index contributed by atoms with van der Waals surface area (Å²) < 4.78 is 0. The minimum Gasteiger partial charge on any atom is -0.208 e. The molecule has 0 saturated carbocycles. The zero-order valence-electron chi connectivity index (χ0n) is 35.7. The summed E-state index contributed by atoms with van der Waals surface area (Å²) in [6.07, 6.45) is 0. The number of hydrogen-bond donors (Lipinski definition) is 0. The van der Waals surface area contributed by atoms with Crippen LogP contribution in [0.5, 0.6) is 0 Å². The smallest absolute Gasteiger partial charge is 0.180 e. The van der Waals surface area contributed by atoms with Crippen LogP contribution in [0.1, 0.15) is 0 Å². The van der Waals surface area contributed by atoms with E-state index in [9.17, 15) is 0 Å². The van der Waals surface area contributed by atoms with Crippen LogP contribution >= 0.6 is 0 Å². The summed E-state index contributed by atoms with van der Waals surface area (Å²) in [6, 6.07) is 82.0. The largest absolute Gasteiger partial charge is 0.208 e. The molecule has 5 heteroatoms. The maximum absolute atomic E-state index is 5.62. The van der Waals surface area contributed by atoms with Crippen LogP contribution in [-0.2, 0) is 0 Å². The molecule has 0 aliphatic carbocycles. The van der Waals surface area contributed by atoms with Crippen molar-refractivity contribution in [3.05, 3.63) is 224 Å². The fourth-order valence-electron chi connectivity index (χ4n) is 10.8. The Labute approximate surface area is 376 Å². The second-order valence-corrected chi connectivity index (χ2v) is 25.5. The third-order valence-electron chi connectivity index (χ3n) is 13.6. The lowest BCUT2D eigenvalue weighted by molar-refractivity contribution is 1.08. The van der Waals surface area contributed by atoms with Crippen molar-refractivity contribution in [2.75, 3.05) is 0 Å². The van der Waals surface area contributed by atoms with Gasteiger partial charge in [-0.3, -0.25) is 0 Å². The van der Waals surface area contributed by atoms with Gasteiger partial charge in [0.2, 0.25) is 0 Å². The van der Waals surface area contributed by atoms with Crippen LogP contribution < -0.4 is 31.1 Å². The third kappa shape index (κ3) is 5.75. The van der Waals surface area contributed by atoms with E-state index in [0.29, 0.717) is 17.5 Å². The van der Waals surface area contributed by atoms with Gasteiger partial charge in [-0.25, -0.2) is 15.0 Å². The summed E-state index contributed by atoms with van der Waals surface area (Å²) in [6.45, 7) is 4.95. The van der Waals surface area contributed by atoms with Crippen molar-refractivity contribution in [1.29, 1.82) is 0 Å². The normalized spacial score (nSPS) is 13.7. The summed E-state index contributed by atoms with van der Waals surface area (Å²) in [7, 11) is -4.78. The number of rotatable bonds is 7. The first kappa shape index (κ1) is 38.1. The predicted octanol–water partition coefficient (Wildman–Crippen LogP) is 10.4. The molecule has 0 radical (unpaired) electrons. The van der Waals surface area contributed by atoms with Crippen LogP contribution in [0.3, 0.4) is 0 Å². The molecule has 12 rings (SSSR count). The Balaban J connectivity index is 1.18. The van der Waals surface area contributed by atoms with Crippen molar-refractivity contribution in [2.45, 2.75) is 13.1 Å². The summed E-state index contributed by atoms with van der Waals surface area (Å²) in [5.74, 6) is 1.95. The quantitative estimate of drug-likeness (QED) is 0.150. The number of benzene rings is 9. The standard InChI is InChI=1S/C59H43N3Si2/c1-63(2)49-34-20-18-32-45(49)55-51(63)38-36-47(53(55)40-22-8-3-9-23-40)58-60-57(42-26-12-5-13-27-42)61-59(62-58)48-37-39-52-56(54(48)41-24-10-4-11-25-41)46-33-19-21-35-50(46)64(52,43-28-14-6-15-29-43)44-30-16-7-17-31-44/h3-39H,1-2H3. The number of fused-ring (bicyclic) bond motifs is 6. The minimum atomic E-state index is -2.79. The summed E-state index contributed by atoms with van der Waals surface area (Å²) in [5.41, 5.74) is 12.7. The van der Waals surface area contributed by atoms with Crippen molar-refractivity contribution in [3.63, 3.8) is 0 Å². The van der Waals surface area contributed by atoms with Gasteiger partial charge in [0.1, 0.15) is 8.07 Å². The Bertz CT molecular complexity index is 3350. The van der Waals surface area contributed by atoms with Crippen molar-refractivity contribution in [1.82, 2.24) is 15.0 Å². The van der Waals surface area contributed by atoms with Gasteiger partial charge in [-0.15, -0.1) is 0 Å². The van der Waals surface area contributed by atoms with E-state index in [0.717, 1.165) is 33.4 Å². The van der Waals surface area contributed by atoms with E-state index in [-0.39, 0.29) is 0 Å². The monoisotopic (exact) mass is 849 g/mol. The minimum absolute atomic E-state index is 0.646. The van der Waals surface area contributed by atoms with Gasteiger partial charge in [0.05, 0.1) is 0 Å². The maximum Gasteiger partial charge on any atom is 0.180 e. The number of nitrogens with zero attached hydrogens (tertiary/aromatic N) is 3. The fraction of sp³-hybridized carbons (Fsp3) is 0.0339. The van der Waals surface area contributed by atoms with Gasteiger partial charge in [-0.1, -0.05) is 238 Å². The van der Waals surface area contributed by atoms with E-state index in [4.69, 9.17) is 15.0 Å². The molecule has 0 unspecified atom stereocenters. The Morgan fingerprint density at radius 1 is 0.266 bits per heavy atom. The lowest BCUT2D eigenvalue weighted by Gasteiger charge is -2.31. The van der Waals surface area contributed by atoms with Gasteiger partial charge in [0.15, 0.2) is 25.5 Å². The molecule has 0 saturated heterocycles. The molecule has 9 aromatic carbocycles. The van der Waals surface area contributed by atoms with Crippen LogP contribution in [-0.4, -0.2) is 31.1 Å². The van der Waals surface area contributed by atoms with Crippen molar-refractivity contribution in [3.8, 4) is 78.7 Å². The van der Waals surface area contributed by atoms with Crippen LogP contribution in [0.25, 0.3) is 78.7 Å². The Hall–Kier alpha value is -7.58. The molecule has 3 nitrogen and oxygen atoms in total. The summed E-state index contributed by atoms with van der Waals surface area (Å²) in [4.78, 5) is 16.5. The topological polar surface area (TPSA) is 38.7 Å². The molecule has 0 amide bonds. The van der Waals surface area contributed by atoms with Gasteiger partial charge in [0.25, 0.3) is 0 Å². The molecule has 2 aliphatic heterocycles. The highest BCUT2D eigenvalue weighted by atomic mass is 28.3. The second-order valence-electron chi connectivity index (χ2n) is 17.4. The summed E-state index contributed by atoms with van der Waals surface area (Å²) in [5, 5.41) is 8.42. The molecule has 10 aromatic rings. The van der Waals surface area contributed by atoms with Crippen molar-refractivity contribution < 1.29 is 0 Å². The Morgan fingerprint density at radius 3 is 1.16 bits per heavy atom. The molecule has 0 N–H and O–H groups in total. The number of aromatic nitrogens is 3. The molecule has 1 aromatic heterocycles. The highest BCUT2D eigenvalue weighted by molar-refractivity contribution is 7.22. The highest BCUT2D eigenvalue weighted by Crippen LogP contribution is 2.45. The van der Waals surface area contributed by atoms with E-state index in [1.165, 1.54) is 58.9 Å². The van der Waals surface area contributed by atoms with E-state index < -0.39 is 16.1 Å². The first-order valence-corrected chi connectivity index (χ1v) is 27.1. The van der Waals surface area contributed by atoms with Crippen molar-refractivity contribution >= 4 is 47.3 Å². The van der Waals surface area contributed by atoms with E-state index in [1.54, 1.807) is 0 Å². The van der Waals surface area contributed by atoms with Gasteiger partial charge >= 0.3 is 0 Å². The molecule has 0 atom stereocenters. The average Bonchev–Trinajstić information content (AvgIpc) is 3.80. The van der Waals surface area contributed by atoms with Crippen LogP contribution in [0, 0.1) is 0 Å². The van der Waals surface area contributed by atoms with Gasteiger partial charge in [-0.2, -0.15) is 0 Å². The first-order valence-electron chi connectivity index (χ1n) is 22.1. The molecule has 0 fully saturated rings. The molecular formula is C59H43N3Si2. The van der Waals surface area contributed by atoms with Crippen LogP contribution in [0.2, 0.25) is 13.1 Å².